The van der Waals surface area contributed by atoms with Crippen molar-refractivity contribution in [1.82, 2.24) is 0 Å². The second-order valence-corrected chi connectivity index (χ2v) is 3.46. The van der Waals surface area contributed by atoms with Crippen molar-refractivity contribution in [3.63, 3.8) is 0 Å². The third kappa shape index (κ3) is 3.12. The van der Waals surface area contributed by atoms with Crippen LogP contribution in [0.3, 0.4) is 0 Å². The van der Waals surface area contributed by atoms with Gasteiger partial charge in [-0.3, -0.25) is 0 Å². The summed E-state index contributed by atoms with van der Waals surface area (Å²) in [5.74, 6) is -1.49. The summed E-state index contributed by atoms with van der Waals surface area (Å²) in [7, 11) is 0. The number of phenols is 2. The highest BCUT2D eigenvalue weighted by molar-refractivity contribution is 5.93. The van der Waals surface area contributed by atoms with E-state index >= 15 is 0 Å². The van der Waals surface area contributed by atoms with Gasteiger partial charge in [0.15, 0.2) is 6.29 Å². The van der Waals surface area contributed by atoms with Crippen LogP contribution in [0.4, 0.5) is 0 Å². The molecule has 0 heterocycles. The van der Waals surface area contributed by atoms with Crippen LogP contribution in [0.5, 0.6) is 11.5 Å². The molecule has 6 nitrogen and oxygen atoms in total. The zero-order chi connectivity index (χ0) is 13.7. The Balaban J connectivity index is 3.07. The fraction of sp³-hybridized carbons (Fsp3) is 0.417. The van der Waals surface area contributed by atoms with Crippen LogP contribution in [0.25, 0.3) is 0 Å². The van der Waals surface area contributed by atoms with Crippen molar-refractivity contribution in [3.05, 3.63) is 23.3 Å². The van der Waals surface area contributed by atoms with Crippen molar-refractivity contribution < 1.29 is 29.6 Å². The lowest BCUT2D eigenvalue weighted by molar-refractivity contribution is -0.0990. The molecule has 0 aliphatic carbocycles. The van der Waals surface area contributed by atoms with Crippen molar-refractivity contribution >= 4 is 5.97 Å². The van der Waals surface area contributed by atoms with Crippen LogP contribution in [-0.2, 0) is 9.47 Å². The molecule has 0 amide bonds. The number of benzene rings is 1. The van der Waals surface area contributed by atoms with Gasteiger partial charge in [-0.1, -0.05) is 0 Å². The van der Waals surface area contributed by atoms with Gasteiger partial charge < -0.3 is 24.8 Å². The molecule has 0 aromatic heterocycles. The van der Waals surface area contributed by atoms with Gasteiger partial charge in [0, 0.05) is 6.61 Å². The molecule has 6 heteroatoms. The van der Waals surface area contributed by atoms with Gasteiger partial charge in [0.2, 0.25) is 0 Å². The first-order valence-corrected chi connectivity index (χ1v) is 5.53. The summed E-state index contributed by atoms with van der Waals surface area (Å²) in [5.41, 5.74) is -0.177. The maximum atomic E-state index is 11.4. The van der Waals surface area contributed by atoms with E-state index in [-0.39, 0.29) is 35.8 Å². The predicted molar refractivity (Wildman–Crippen MR) is 62.3 cm³/mol. The van der Waals surface area contributed by atoms with Crippen LogP contribution in [0.2, 0.25) is 0 Å². The summed E-state index contributed by atoms with van der Waals surface area (Å²) in [5, 5.41) is 28.9. The Labute approximate surface area is 104 Å². The van der Waals surface area contributed by atoms with E-state index in [4.69, 9.17) is 9.47 Å². The Morgan fingerprint density at radius 2 is 1.89 bits per heavy atom. The Kier molecular flexibility index (Phi) is 4.94. The van der Waals surface area contributed by atoms with Gasteiger partial charge >= 0.3 is 5.97 Å². The summed E-state index contributed by atoms with van der Waals surface area (Å²) in [6.45, 7) is 3.69. The number of carbonyl (C=O) groups excluding carboxylic acids is 1. The SMILES string of the molecule is CCOC(=O)c1cc(O)c(C(O)OCC)cc1O. The number of aliphatic hydroxyl groups excluding tert-OH is 1. The summed E-state index contributed by atoms with van der Waals surface area (Å²) in [6.07, 6.45) is -1.36. The van der Waals surface area contributed by atoms with Gasteiger partial charge in [-0.15, -0.1) is 0 Å². The zero-order valence-corrected chi connectivity index (χ0v) is 10.2. The second-order valence-electron chi connectivity index (χ2n) is 3.46. The molecule has 1 atom stereocenters. The number of ether oxygens (including phenoxy) is 2. The Morgan fingerprint density at radius 3 is 2.44 bits per heavy atom. The number of phenolic OH excluding ortho intramolecular Hbond substituents is 2. The van der Waals surface area contributed by atoms with E-state index in [0.717, 1.165) is 12.1 Å². The highest BCUT2D eigenvalue weighted by atomic mass is 16.6. The fourth-order valence-electron chi connectivity index (χ4n) is 1.41. The number of hydrogen-bond donors (Lipinski definition) is 3. The minimum atomic E-state index is -1.36. The highest BCUT2D eigenvalue weighted by Gasteiger charge is 2.20. The average molecular weight is 256 g/mol. The van der Waals surface area contributed by atoms with Gasteiger partial charge in [-0.05, 0) is 26.0 Å². The summed E-state index contributed by atoms with van der Waals surface area (Å²) in [6, 6.07) is 2.10. The molecule has 1 aromatic rings. The number of aromatic hydroxyl groups is 2. The maximum absolute atomic E-state index is 11.4. The first-order valence-electron chi connectivity index (χ1n) is 5.53. The first kappa shape index (κ1) is 14.3. The van der Waals surface area contributed by atoms with Gasteiger partial charge in [-0.25, -0.2) is 4.79 Å². The van der Waals surface area contributed by atoms with Gasteiger partial charge in [0.05, 0.1) is 12.2 Å². The summed E-state index contributed by atoms with van der Waals surface area (Å²) < 4.78 is 9.59. The molecule has 1 aromatic carbocycles. The number of aliphatic hydroxyl groups is 1. The van der Waals surface area contributed by atoms with Crippen molar-refractivity contribution in [2.75, 3.05) is 13.2 Å². The van der Waals surface area contributed by atoms with E-state index < -0.39 is 12.3 Å². The largest absolute Gasteiger partial charge is 0.507 e. The van der Waals surface area contributed by atoms with Crippen LogP contribution in [0, 0.1) is 0 Å². The molecule has 0 aliphatic heterocycles. The van der Waals surface area contributed by atoms with Gasteiger partial charge in [-0.2, -0.15) is 0 Å². The lowest BCUT2D eigenvalue weighted by Gasteiger charge is -2.14. The molecule has 0 spiro atoms. The molecule has 0 bridgehead atoms. The van der Waals surface area contributed by atoms with Crippen LogP contribution >= 0.6 is 0 Å². The van der Waals surface area contributed by atoms with Crippen LogP contribution in [-0.4, -0.2) is 34.5 Å². The molecular weight excluding hydrogens is 240 g/mol. The molecular formula is C12H16O6. The van der Waals surface area contributed by atoms with Crippen molar-refractivity contribution in [2.24, 2.45) is 0 Å². The van der Waals surface area contributed by atoms with Crippen molar-refractivity contribution in [3.8, 4) is 11.5 Å². The van der Waals surface area contributed by atoms with E-state index in [1.165, 1.54) is 0 Å². The molecule has 100 valence electrons. The molecule has 3 N–H and O–H groups in total. The Morgan fingerprint density at radius 1 is 1.22 bits per heavy atom. The van der Waals surface area contributed by atoms with Crippen molar-refractivity contribution in [2.45, 2.75) is 20.1 Å². The monoisotopic (exact) mass is 256 g/mol. The smallest absolute Gasteiger partial charge is 0.342 e. The number of carbonyl (C=O) groups is 1. The number of rotatable bonds is 5. The normalized spacial score (nSPS) is 12.2. The topological polar surface area (TPSA) is 96.2 Å². The standard InChI is InChI=1S/C12H16O6/c1-3-17-11(15)7-5-10(14)8(6-9(7)13)12(16)18-4-2/h5-6,11,13-15H,3-4H2,1-2H3. The molecule has 0 saturated heterocycles. The van der Waals surface area contributed by atoms with E-state index in [1.54, 1.807) is 13.8 Å². The van der Waals surface area contributed by atoms with Crippen molar-refractivity contribution in [1.29, 1.82) is 0 Å². The highest BCUT2D eigenvalue weighted by Crippen LogP contribution is 2.32. The third-order valence-electron chi connectivity index (χ3n) is 2.23. The molecule has 0 fully saturated rings. The fourth-order valence-corrected chi connectivity index (χ4v) is 1.41. The van der Waals surface area contributed by atoms with Gasteiger partial charge in [0.25, 0.3) is 0 Å². The zero-order valence-electron chi connectivity index (χ0n) is 10.2. The minimum absolute atomic E-state index is 0.0117. The van der Waals surface area contributed by atoms with E-state index in [2.05, 4.69) is 0 Å². The van der Waals surface area contributed by atoms with E-state index in [9.17, 15) is 20.1 Å². The van der Waals surface area contributed by atoms with E-state index in [0.29, 0.717) is 0 Å². The van der Waals surface area contributed by atoms with E-state index in [1.807, 2.05) is 0 Å². The molecule has 0 aliphatic rings. The first-order chi connectivity index (χ1) is 8.51. The predicted octanol–water partition coefficient (Wildman–Crippen LogP) is 1.30. The quantitative estimate of drug-likeness (QED) is 0.417. The third-order valence-corrected chi connectivity index (χ3v) is 2.23. The lowest BCUT2D eigenvalue weighted by Crippen LogP contribution is -2.07. The molecule has 18 heavy (non-hydrogen) atoms. The Bertz CT molecular complexity index is 429. The summed E-state index contributed by atoms with van der Waals surface area (Å²) >= 11 is 0. The molecule has 1 unspecified atom stereocenters. The lowest BCUT2D eigenvalue weighted by atomic mass is 10.1. The van der Waals surface area contributed by atoms with Gasteiger partial charge in [0.1, 0.15) is 17.1 Å². The van der Waals surface area contributed by atoms with Crippen LogP contribution < -0.4 is 0 Å². The van der Waals surface area contributed by atoms with Crippen LogP contribution in [0.15, 0.2) is 12.1 Å². The molecule has 0 radical (unpaired) electrons. The molecule has 1 rings (SSSR count). The number of hydrogen-bond acceptors (Lipinski definition) is 6. The minimum Gasteiger partial charge on any atom is -0.507 e. The average Bonchev–Trinajstić information content (AvgIpc) is 2.32. The second kappa shape index (κ2) is 6.23. The maximum Gasteiger partial charge on any atom is 0.342 e. The number of esters is 1. The van der Waals surface area contributed by atoms with Crippen LogP contribution in [0.1, 0.15) is 36.1 Å². The summed E-state index contributed by atoms with van der Waals surface area (Å²) in [4.78, 5) is 11.4. The molecule has 0 saturated carbocycles. The Hall–Kier alpha value is -1.79.